The fraction of sp³-hybridized carbons (Fsp3) is 0.538. The third kappa shape index (κ3) is 1.68. The number of ether oxygens (including phenoxy) is 1. The van der Waals surface area contributed by atoms with Crippen LogP contribution in [0.1, 0.15) is 33.3 Å². The van der Waals surface area contributed by atoms with Gasteiger partial charge in [0.05, 0.1) is 18.5 Å². The number of rotatable bonds is 1. The summed E-state index contributed by atoms with van der Waals surface area (Å²) in [6, 6.07) is 1.92. The zero-order valence-electron chi connectivity index (χ0n) is 11.1. The Morgan fingerprint density at radius 2 is 1.88 bits per heavy atom. The van der Waals surface area contributed by atoms with Crippen LogP contribution in [-0.4, -0.2) is 7.11 Å². The van der Waals surface area contributed by atoms with Gasteiger partial charge in [-0.05, 0) is 18.9 Å². The van der Waals surface area contributed by atoms with E-state index in [0.29, 0.717) is 5.69 Å². The van der Waals surface area contributed by atoms with Crippen LogP contribution in [0.4, 0.5) is 17.1 Å². The van der Waals surface area contributed by atoms with Crippen LogP contribution in [-0.2, 0) is 5.66 Å². The molecule has 4 nitrogen and oxygen atoms in total. The molecule has 4 heteroatoms. The van der Waals surface area contributed by atoms with Gasteiger partial charge >= 0.3 is 0 Å². The monoisotopic (exact) mass is 235 g/mol. The first kappa shape index (κ1) is 11.9. The van der Waals surface area contributed by atoms with Crippen molar-refractivity contribution in [1.29, 1.82) is 0 Å². The molecule has 0 fully saturated rings. The van der Waals surface area contributed by atoms with E-state index in [9.17, 15) is 0 Å². The molecule has 94 valence electrons. The van der Waals surface area contributed by atoms with Crippen LogP contribution in [0.15, 0.2) is 6.07 Å². The van der Waals surface area contributed by atoms with E-state index in [1.807, 2.05) is 6.07 Å². The minimum Gasteiger partial charge on any atom is -0.492 e. The van der Waals surface area contributed by atoms with Gasteiger partial charge in [-0.3, -0.25) is 0 Å². The average Bonchev–Trinajstić information content (AvgIpc) is 2.14. The maximum atomic E-state index is 5.80. The largest absolute Gasteiger partial charge is 0.492 e. The zero-order chi connectivity index (χ0) is 12.8. The van der Waals surface area contributed by atoms with Crippen molar-refractivity contribution in [3.05, 3.63) is 11.6 Å². The summed E-state index contributed by atoms with van der Waals surface area (Å²) < 4.78 is 5.21. The van der Waals surface area contributed by atoms with Crippen LogP contribution in [0.5, 0.6) is 5.75 Å². The minimum absolute atomic E-state index is 0.0361. The van der Waals surface area contributed by atoms with E-state index in [1.165, 1.54) is 5.56 Å². The number of methoxy groups -OCH3 is 1. The van der Waals surface area contributed by atoms with Crippen molar-refractivity contribution >= 4 is 17.1 Å². The van der Waals surface area contributed by atoms with Crippen LogP contribution in [0.2, 0.25) is 0 Å². The van der Waals surface area contributed by atoms with Gasteiger partial charge in [0.1, 0.15) is 5.66 Å². The molecular formula is C13H21N3O. The normalized spacial score (nSPS) is 22.0. The fourth-order valence-electron chi connectivity index (χ4n) is 2.19. The van der Waals surface area contributed by atoms with E-state index in [4.69, 9.17) is 10.5 Å². The van der Waals surface area contributed by atoms with Crippen LogP contribution in [0.3, 0.4) is 0 Å². The van der Waals surface area contributed by atoms with Crippen molar-refractivity contribution in [2.75, 3.05) is 23.5 Å². The summed E-state index contributed by atoms with van der Waals surface area (Å²) in [5, 5.41) is 6.57. The van der Waals surface area contributed by atoms with Crippen LogP contribution < -0.4 is 21.1 Å². The Morgan fingerprint density at radius 1 is 1.29 bits per heavy atom. The SMILES string of the molecule is CC(C)C.COc1c(N)cc2c3c1NC3(C)N2. The van der Waals surface area contributed by atoms with Crippen molar-refractivity contribution in [3.63, 3.8) is 0 Å². The van der Waals surface area contributed by atoms with Gasteiger partial charge in [0.15, 0.2) is 5.75 Å². The molecule has 0 bridgehead atoms. The number of hydrogen-bond acceptors (Lipinski definition) is 4. The molecule has 1 atom stereocenters. The van der Waals surface area contributed by atoms with Gasteiger partial charge in [0, 0.05) is 11.3 Å². The molecule has 0 saturated heterocycles. The molecule has 0 amide bonds. The summed E-state index contributed by atoms with van der Waals surface area (Å²) in [6.07, 6.45) is 0. The number of nitrogens with two attached hydrogens (primary N) is 1. The predicted molar refractivity (Wildman–Crippen MR) is 72.5 cm³/mol. The maximum Gasteiger partial charge on any atom is 0.165 e. The molecule has 0 aliphatic carbocycles. The molecule has 0 saturated carbocycles. The first-order chi connectivity index (χ1) is 7.89. The lowest BCUT2D eigenvalue weighted by Crippen LogP contribution is -2.56. The molecule has 3 rings (SSSR count). The molecule has 2 heterocycles. The summed E-state index contributed by atoms with van der Waals surface area (Å²) in [6.45, 7) is 8.60. The smallest absolute Gasteiger partial charge is 0.165 e. The Balaban J connectivity index is 0.000000239. The maximum absolute atomic E-state index is 5.80. The quantitative estimate of drug-likeness (QED) is 0.655. The van der Waals surface area contributed by atoms with Gasteiger partial charge in [-0.15, -0.1) is 0 Å². The van der Waals surface area contributed by atoms with E-state index in [-0.39, 0.29) is 5.66 Å². The van der Waals surface area contributed by atoms with Crippen LogP contribution in [0.25, 0.3) is 0 Å². The highest BCUT2D eigenvalue weighted by Gasteiger charge is 2.50. The lowest BCUT2D eigenvalue weighted by Gasteiger charge is -2.54. The molecule has 1 unspecified atom stereocenters. The fourth-order valence-corrected chi connectivity index (χ4v) is 2.19. The molecule has 2 aliphatic rings. The first-order valence-corrected chi connectivity index (χ1v) is 5.96. The number of anilines is 3. The lowest BCUT2D eigenvalue weighted by atomic mass is 9.81. The average molecular weight is 235 g/mol. The molecule has 0 aromatic heterocycles. The van der Waals surface area contributed by atoms with E-state index in [0.717, 1.165) is 23.0 Å². The summed E-state index contributed by atoms with van der Waals surface area (Å²) in [4.78, 5) is 0. The first-order valence-electron chi connectivity index (χ1n) is 5.96. The topological polar surface area (TPSA) is 59.3 Å². The minimum atomic E-state index is -0.0361. The highest BCUT2D eigenvalue weighted by molar-refractivity contribution is 5.94. The summed E-state index contributed by atoms with van der Waals surface area (Å²) >= 11 is 0. The third-order valence-electron chi connectivity index (χ3n) is 2.77. The molecule has 17 heavy (non-hydrogen) atoms. The molecule has 2 aliphatic heterocycles. The Hall–Kier alpha value is -1.58. The number of hydrogen-bond donors (Lipinski definition) is 3. The van der Waals surface area contributed by atoms with Crippen molar-refractivity contribution in [3.8, 4) is 5.75 Å². The zero-order valence-corrected chi connectivity index (χ0v) is 11.1. The Bertz CT molecular complexity index is 439. The lowest BCUT2D eigenvalue weighted by molar-refractivity contribution is 0.407. The van der Waals surface area contributed by atoms with Crippen LogP contribution in [0, 0.1) is 5.92 Å². The van der Waals surface area contributed by atoms with Gasteiger partial charge in [-0.1, -0.05) is 20.8 Å². The summed E-state index contributed by atoms with van der Waals surface area (Å²) in [5.74, 6) is 1.60. The summed E-state index contributed by atoms with van der Waals surface area (Å²) in [7, 11) is 1.64. The highest BCUT2D eigenvalue weighted by Crippen LogP contribution is 2.59. The van der Waals surface area contributed by atoms with Gasteiger partial charge in [-0.2, -0.15) is 0 Å². The van der Waals surface area contributed by atoms with Crippen molar-refractivity contribution in [2.24, 2.45) is 5.92 Å². The second-order valence-corrected chi connectivity index (χ2v) is 5.40. The second kappa shape index (κ2) is 3.72. The third-order valence-corrected chi connectivity index (χ3v) is 2.77. The van der Waals surface area contributed by atoms with Gasteiger partial charge in [0.25, 0.3) is 0 Å². The van der Waals surface area contributed by atoms with Crippen LogP contribution >= 0.6 is 0 Å². The highest BCUT2D eigenvalue weighted by atomic mass is 16.5. The van der Waals surface area contributed by atoms with Gasteiger partial charge in [-0.25, -0.2) is 0 Å². The number of nitrogen functional groups attached to an aromatic ring is 1. The van der Waals surface area contributed by atoms with E-state index < -0.39 is 0 Å². The Morgan fingerprint density at radius 3 is 2.35 bits per heavy atom. The molecule has 1 aromatic carbocycles. The standard InChI is InChI=1S/C9H11N3O.C4H10/c1-9-6-5(11-9)3-4(10)8(13-2)7(6)12-9;1-4(2)3/h3,11-12H,10H2,1-2H3;4H,1-3H3. The Labute approximate surface area is 103 Å². The van der Waals surface area contributed by atoms with E-state index in [2.05, 4.69) is 38.3 Å². The number of benzene rings is 1. The van der Waals surface area contributed by atoms with Crippen molar-refractivity contribution < 1.29 is 4.74 Å². The Kier molecular flexibility index (Phi) is 2.60. The second-order valence-electron chi connectivity index (χ2n) is 5.40. The molecular weight excluding hydrogens is 214 g/mol. The number of nitrogens with one attached hydrogen (secondary N) is 2. The van der Waals surface area contributed by atoms with E-state index >= 15 is 0 Å². The predicted octanol–water partition coefficient (Wildman–Crippen LogP) is 2.96. The summed E-state index contributed by atoms with van der Waals surface area (Å²) in [5.41, 5.74) is 9.89. The van der Waals surface area contributed by atoms with Crippen molar-refractivity contribution in [1.82, 2.24) is 0 Å². The van der Waals surface area contributed by atoms with Crippen molar-refractivity contribution in [2.45, 2.75) is 33.4 Å². The van der Waals surface area contributed by atoms with E-state index in [1.54, 1.807) is 7.11 Å². The molecule has 1 aromatic rings. The molecule has 4 N–H and O–H groups in total. The molecule has 0 radical (unpaired) electrons. The van der Waals surface area contributed by atoms with Gasteiger partial charge < -0.3 is 21.1 Å². The molecule has 0 spiro atoms. The van der Waals surface area contributed by atoms with Gasteiger partial charge in [0.2, 0.25) is 0 Å².